The lowest BCUT2D eigenvalue weighted by Crippen LogP contribution is -2.29. The van der Waals surface area contributed by atoms with Crippen molar-refractivity contribution in [3.8, 4) is 11.3 Å². The fraction of sp³-hybridized carbons (Fsp3) is 0.190. The minimum absolute atomic E-state index is 0.200. The Kier molecular flexibility index (Phi) is 5.18. The summed E-state index contributed by atoms with van der Waals surface area (Å²) in [5, 5.41) is 18.5. The second-order valence-corrected chi connectivity index (χ2v) is 7.90. The van der Waals surface area contributed by atoms with Gasteiger partial charge < -0.3 is 0 Å². The lowest BCUT2D eigenvalue weighted by Gasteiger charge is -2.09. The maximum absolute atomic E-state index is 12.4. The molecule has 0 radical (unpaired) electrons. The van der Waals surface area contributed by atoms with Gasteiger partial charge >= 0.3 is 0 Å². The maximum atomic E-state index is 12.4. The first-order chi connectivity index (χ1) is 14.0. The van der Waals surface area contributed by atoms with E-state index in [4.69, 9.17) is 0 Å². The van der Waals surface area contributed by atoms with Crippen LogP contribution in [0.5, 0.6) is 0 Å². The number of carbonyl (C=O) groups is 1. The van der Waals surface area contributed by atoms with Crippen LogP contribution < -0.4 is 10.9 Å². The smallest absolute Gasteiger partial charge is 0.267 e. The molecule has 29 heavy (non-hydrogen) atoms. The van der Waals surface area contributed by atoms with Gasteiger partial charge in [-0.15, -0.1) is 10.2 Å². The molecule has 0 aliphatic rings. The van der Waals surface area contributed by atoms with Crippen molar-refractivity contribution < 1.29 is 4.79 Å². The van der Waals surface area contributed by atoms with Crippen molar-refractivity contribution in [2.24, 2.45) is 0 Å². The van der Waals surface area contributed by atoms with E-state index in [0.717, 1.165) is 26.0 Å². The number of hydrogen-bond acceptors (Lipinski definition) is 6. The number of rotatable bonds is 5. The number of amides is 1. The highest BCUT2D eigenvalue weighted by atomic mass is 32.1. The molecule has 0 unspecified atom stereocenters. The van der Waals surface area contributed by atoms with Crippen molar-refractivity contribution in [3.63, 3.8) is 0 Å². The molecule has 0 aliphatic carbocycles. The van der Waals surface area contributed by atoms with Crippen molar-refractivity contribution in [3.05, 3.63) is 70.0 Å². The molecule has 2 aromatic heterocycles. The summed E-state index contributed by atoms with van der Waals surface area (Å²) >= 11 is 1.32. The number of benzene rings is 2. The molecular formula is C21H19N5O2S. The van der Waals surface area contributed by atoms with Gasteiger partial charge in [0, 0.05) is 17.5 Å². The van der Waals surface area contributed by atoms with Crippen molar-refractivity contribution in [1.82, 2.24) is 20.0 Å². The molecule has 0 bridgehead atoms. The first-order valence-corrected chi connectivity index (χ1v) is 10.0. The van der Waals surface area contributed by atoms with E-state index in [-0.39, 0.29) is 23.9 Å². The Morgan fingerprint density at radius 2 is 1.86 bits per heavy atom. The van der Waals surface area contributed by atoms with Gasteiger partial charge in [-0.1, -0.05) is 67.6 Å². The van der Waals surface area contributed by atoms with Gasteiger partial charge in [0.2, 0.25) is 11.0 Å². The molecule has 1 N–H and O–H groups in total. The third-order valence-corrected chi connectivity index (χ3v) is 5.55. The molecule has 8 heteroatoms. The van der Waals surface area contributed by atoms with E-state index in [9.17, 15) is 9.59 Å². The van der Waals surface area contributed by atoms with Crippen LogP contribution in [0.1, 0.15) is 24.8 Å². The number of carbonyl (C=O) groups excluding carboxylic acids is 1. The summed E-state index contributed by atoms with van der Waals surface area (Å²) in [5.74, 6) is -0.138. The highest BCUT2D eigenvalue weighted by Crippen LogP contribution is 2.26. The largest absolute Gasteiger partial charge is 0.299 e. The minimum Gasteiger partial charge on any atom is -0.299 e. The molecule has 0 aliphatic heterocycles. The molecule has 0 fully saturated rings. The second-order valence-electron chi connectivity index (χ2n) is 6.89. The van der Waals surface area contributed by atoms with Gasteiger partial charge in [0.15, 0.2) is 0 Å². The Labute approximate surface area is 171 Å². The fourth-order valence-electron chi connectivity index (χ4n) is 2.97. The molecule has 146 valence electrons. The van der Waals surface area contributed by atoms with Gasteiger partial charge in [-0.05, 0) is 16.8 Å². The van der Waals surface area contributed by atoms with E-state index >= 15 is 0 Å². The number of nitrogens with one attached hydrogen (secondary N) is 1. The van der Waals surface area contributed by atoms with Gasteiger partial charge in [0.25, 0.3) is 5.56 Å². The highest BCUT2D eigenvalue weighted by Gasteiger charge is 2.13. The van der Waals surface area contributed by atoms with E-state index in [1.165, 1.54) is 17.4 Å². The Morgan fingerprint density at radius 3 is 2.66 bits per heavy atom. The van der Waals surface area contributed by atoms with Crippen LogP contribution >= 0.6 is 11.3 Å². The molecule has 4 aromatic rings. The molecule has 7 nitrogen and oxygen atoms in total. The minimum atomic E-state index is -0.374. The molecule has 0 saturated carbocycles. The lowest BCUT2D eigenvalue weighted by atomic mass is 10.0. The standard InChI is InChI=1S/C21H19N5O2S/c1-13(2)20-23-24-21(29-20)22-18(27)12-26-19(28)11-10-17(25-26)16-9-5-7-14-6-3-4-8-15(14)16/h3-11,13H,12H2,1-2H3,(H,22,24,27). The van der Waals surface area contributed by atoms with Crippen molar-refractivity contribution in [2.75, 3.05) is 5.32 Å². The maximum Gasteiger partial charge on any atom is 0.267 e. The Bertz CT molecular complexity index is 1240. The predicted molar refractivity (Wildman–Crippen MR) is 114 cm³/mol. The van der Waals surface area contributed by atoms with Crippen LogP contribution in [-0.2, 0) is 11.3 Å². The van der Waals surface area contributed by atoms with Crippen LogP contribution in [0.3, 0.4) is 0 Å². The fourth-order valence-corrected chi connectivity index (χ4v) is 3.73. The molecule has 1 amide bonds. The summed E-state index contributed by atoms with van der Waals surface area (Å²) in [6.07, 6.45) is 0. The number of hydrogen-bond donors (Lipinski definition) is 1. The van der Waals surface area contributed by atoms with E-state index in [0.29, 0.717) is 10.8 Å². The summed E-state index contributed by atoms with van der Waals surface area (Å²) in [5.41, 5.74) is 1.19. The van der Waals surface area contributed by atoms with E-state index in [1.54, 1.807) is 6.07 Å². The number of fused-ring (bicyclic) bond motifs is 1. The SMILES string of the molecule is CC(C)c1nnc(NC(=O)Cn2nc(-c3cccc4ccccc34)ccc2=O)s1. The number of nitrogens with zero attached hydrogens (tertiary/aromatic N) is 4. The van der Waals surface area contributed by atoms with Gasteiger partial charge in [-0.25, -0.2) is 4.68 Å². The average Bonchev–Trinajstić information content (AvgIpc) is 3.18. The predicted octanol–water partition coefficient (Wildman–Crippen LogP) is 3.68. The Hall–Kier alpha value is -3.39. The first-order valence-electron chi connectivity index (χ1n) is 9.21. The van der Waals surface area contributed by atoms with E-state index < -0.39 is 0 Å². The summed E-state index contributed by atoms with van der Waals surface area (Å²) in [4.78, 5) is 24.6. The first kappa shape index (κ1) is 18.9. The zero-order valence-electron chi connectivity index (χ0n) is 16.0. The summed E-state index contributed by atoms with van der Waals surface area (Å²) in [6.45, 7) is 3.82. The number of anilines is 1. The molecule has 0 atom stereocenters. The van der Waals surface area contributed by atoms with Crippen LogP contribution in [0.25, 0.3) is 22.0 Å². The normalized spacial score (nSPS) is 11.1. The summed E-state index contributed by atoms with van der Waals surface area (Å²) in [7, 11) is 0. The second kappa shape index (κ2) is 7.92. The summed E-state index contributed by atoms with van der Waals surface area (Å²) in [6, 6.07) is 17.0. The Morgan fingerprint density at radius 1 is 1.07 bits per heavy atom. The highest BCUT2D eigenvalue weighted by molar-refractivity contribution is 7.15. The Balaban J connectivity index is 1.60. The molecule has 0 spiro atoms. The number of aromatic nitrogens is 4. The van der Waals surface area contributed by atoms with Crippen molar-refractivity contribution in [1.29, 1.82) is 0 Å². The van der Waals surface area contributed by atoms with Crippen LogP contribution in [0.15, 0.2) is 59.4 Å². The third kappa shape index (κ3) is 4.07. The van der Waals surface area contributed by atoms with Gasteiger partial charge in [-0.3, -0.25) is 14.9 Å². The zero-order chi connectivity index (χ0) is 20.4. The van der Waals surface area contributed by atoms with Crippen LogP contribution in [0.2, 0.25) is 0 Å². The van der Waals surface area contributed by atoms with Crippen molar-refractivity contribution >= 4 is 33.1 Å². The van der Waals surface area contributed by atoms with Crippen LogP contribution in [0.4, 0.5) is 5.13 Å². The molecular weight excluding hydrogens is 386 g/mol. The quantitative estimate of drug-likeness (QED) is 0.547. The van der Waals surface area contributed by atoms with Crippen molar-refractivity contribution in [2.45, 2.75) is 26.3 Å². The zero-order valence-corrected chi connectivity index (χ0v) is 16.8. The molecule has 0 saturated heterocycles. The van der Waals surface area contributed by atoms with Gasteiger partial charge in [0.05, 0.1) is 5.69 Å². The molecule has 2 aromatic carbocycles. The average molecular weight is 405 g/mol. The van der Waals surface area contributed by atoms with Gasteiger partial charge in [-0.2, -0.15) is 5.10 Å². The van der Waals surface area contributed by atoms with E-state index in [2.05, 4.69) is 20.6 Å². The molecule has 4 rings (SSSR count). The summed E-state index contributed by atoms with van der Waals surface area (Å²) < 4.78 is 1.16. The third-order valence-electron chi connectivity index (χ3n) is 4.41. The van der Waals surface area contributed by atoms with Crippen LogP contribution in [-0.4, -0.2) is 25.9 Å². The van der Waals surface area contributed by atoms with E-state index in [1.807, 2.05) is 56.3 Å². The monoisotopic (exact) mass is 405 g/mol. The van der Waals surface area contributed by atoms with Crippen LogP contribution in [0, 0.1) is 0 Å². The topological polar surface area (TPSA) is 89.8 Å². The molecule has 2 heterocycles. The lowest BCUT2D eigenvalue weighted by molar-refractivity contribution is -0.117. The van der Waals surface area contributed by atoms with Gasteiger partial charge in [0.1, 0.15) is 11.6 Å².